The summed E-state index contributed by atoms with van der Waals surface area (Å²) in [6.45, 7) is 3.40. The van der Waals surface area contributed by atoms with Crippen molar-refractivity contribution in [3.05, 3.63) is 47.1 Å². The van der Waals surface area contributed by atoms with Crippen molar-refractivity contribution >= 4 is 25.6 Å². The van der Waals surface area contributed by atoms with E-state index in [1.54, 1.807) is 0 Å². The molecule has 1 fully saturated rings. The zero-order chi connectivity index (χ0) is 44.9. The highest BCUT2D eigenvalue weighted by atomic mass is 31.2. The number of carbonyl (C=O) groups excluding carboxylic acids is 2. The van der Waals surface area contributed by atoms with Gasteiger partial charge in [-0.1, -0.05) is 141 Å². The average Bonchev–Trinajstić information content (AvgIpc) is 3.72. The molecule has 0 aliphatic carbocycles. The summed E-state index contributed by atoms with van der Waals surface area (Å²) < 4.78 is 41.5. The maximum Gasteiger partial charge on any atom is 0.472 e. The lowest BCUT2D eigenvalue weighted by Crippen LogP contribution is -2.30. The largest absolute Gasteiger partial charge is 0.472 e. The van der Waals surface area contributed by atoms with Crippen LogP contribution in [0.1, 0.15) is 213 Å². The van der Waals surface area contributed by atoms with Crippen LogP contribution >= 0.6 is 7.82 Å². The Morgan fingerprint density at radius 3 is 1.74 bits per heavy atom. The first-order valence-corrected chi connectivity index (χ1v) is 25.9. The molecule has 14 heteroatoms. The van der Waals surface area contributed by atoms with E-state index in [-0.39, 0.29) is 31.9 Å². The Labute approximate surface area is 373 Å². The molecular weight excluding hydrogens is 810 g/mol. The first-order valence-electron chi connectivity index (χ1n) is 24.4. The van der Waals surface area contributed by atoms with Crippen LogP contribution in [0.15, 0.2) is 41.4 Å². The highest BCUT2D eigenvalue weighted by molar-refractivity contribution is 7.47. The number of hydrogen-bond donors (Lipinski definition) is 2. The summed E-state index contributed by atoms with van der Waals surface area (Å²) in [5.41, 5.74) is 5.02. The Kier molecular flexibility index (Phi) is 32.6. The number of allylic oxidation sites excluding steroid dienone is 4. The standard InChI is InChI=1S/C48H84N3O10P/c1-3-5-7-9-11-13-15-17-19-21-23-25-27-29-31-33-46(52)57-39-43(61-47(53)34-32-30-28-26-24-22-20-18-16-14-12-10-8-6-4-2)41-59-62(55,56)58-40-42-35-36-45(60-42)51-38-37-44(49)50-48(51)54/h17-20,37-38,42-43,45H,3-16,21-36,39-41H2,1-2H3,(H,55,56)(H2,49,50,54)/b19-17-,20-18-/t42-,43?,45+/m0/s1. The first-order chi connectivity index (χ1) is 30.1. The second-order valence-electron chi connectivity index (χ2n) is 16.9. The Balaban J connectivity index is 1.71. The molecule has 1 aromatic heterocycles. The van der Waals surface area contributed by atoms with Crippen LogP contribution in [0.2, 0.25) is 0 Å². The van der Waals surface area contributed by atoms with Crippen LogP contribution in [-0.4, -0.2) is 58.4 Å². The van der Waals surface area contributed by atoms with E-state index < -0.39 is 50.5 Å². The molecule has 0 aromatic carbocycles. The second kappa shape index (κ2) is 36.5. The number of hydrogen-bond acceptors (Lipinski definition) is 11. The molecule has 2 heterocycles. The topological polar surface area (TPSA) is 178 Å². The molecule has 62 heavy (non-hydrogen) atoms. The van der Waals surface area contributed by atoms with Crippen LogP contribution in [0.25, 0.3) is 0 Å². The number of carbonyl (C=O) groups is 2. The van der Waals surface area contributed by atoms with Gasteiger partial charge >= 0.3 is 25.5 Å². The summed E-state index contributed by atoms with van der Waals surface area (Å²) in [6.07, 6.45) is 39.7. The lowest BCUT2D eigenvalue weighted by atomic mass is 10.1. The zero-order valence-electron chi connectivity index (χ0n) is 38.6. The van der Waals surface area contributed by atoms with Gasteiger partial charge in [0.05, 0.1) is 19.3 Å². The van der Waals surface area contributed by atoms with Gasteiger partial charge in [0.15, 0.2) is 6.10 Å². The highest BCUT2D eigenvalue weighted by Crippen LogP contribution is 2.44. The predicted octanol–water partition coefficient (Wildman–Crippen LogP) is 12.2. The Morgan fingerprint density at radius 2 is 1.23 bits per heavy atom. The van der Waals surface area contributed by atoms with Gasteiger partial charge < -0.3 is 24.8 Å². The predicted molar refractivity (Wildman–Crippen MR) is 248 cm³/mol. The summed E-state index contributed by atoms with van der Waals surface area (Å²) in [6, 6.07) is 1.49. The zero-order valence-corrected chi connectivity index (χ0v) is 39.5. The van der Waals surface area contributed by atoms with Gasteiger partial charge in [0.25, 0.3) is 0 Å². The summed E-state index contributed by atoms with van der Waals surface area (Å²) in [7, 11) is -4.62. The minimum atomic E-state index is -4.62. The normalized spacial score (nSPS) is 16.9. The minimum absolute atomic E-state index is 0.0998. The SMILES string of the molecule is CCCCCCCC/C=C\CCCCCCCC(=O)OCC(COP(=O)(O)OC[C@@H]1CC[C@H](n2ccc(N)nc2=O)O1)OC(=O)CCCCCCC/C=C\CCCCCCCC. The van der Waals surface area contributed by atoms with E-state index in [4.69, 9.17) is 29.0 Å². The van der Waals surface area contributed by atoms with Gasteiger partial charge in [0.1, 0.15) is 18.7 Å². The van der Waals surface area contributed by atoms with Gasteiger partial charge in [-0.05, 0) is 83.1 Å². The molecule has 3 N–H and O–H groups in total. The fraction of sp³-hybridized carbons (Fsp3) is 0.792. The fourth-order valence-corrected chi connectivity index (χ4v) is 8.13. The van der Waals surface area contributed by atoms with Gasteiger partial charge in [-0.3, -0.25) is 23.2 Å². The van der Waals surface area contributed by atoms with Crippen LogP contribution in [0.3, 0.4) is 0 Å². The van der Waals surface area contributed by atoms with Crippen molar-refractivity contribution in [2.24, 2.45) is 0 Å². The molecule has 1 aromatic rings. The van der Waals surface area contributed by atoms with E-state index in [1.165, 1.54) is 93.9 Å². The molecule has 0 bridgehead atoms. The third-order valence-corrected chi connectivity index (χ3v) is 12.1. The number of anilines is 1. The van der Waals surface area contributed by atoms with Crippen LogP contribution in [0.4, 0.5) is 5.82 Å². The van der Waals surface area contributed by atoms with E-state index >= 15 is 0 Å². The molecule has 1 aliphatic heterocycles. The molecule has 1 saturated heterocycles. The maximum atomic E-state index is 12.9. The third-order valence-electron chi connectivity index (χ3n) is 11.1. The van der Waals surface area contributed by atoms with Crippen LogP contribution in [0.5, 0.6) is 0 Å². The van der Waals surface area contributed by atoms with E-state index in [0.29, 0.717) is 25.7 Å². The summed E-state index contributed by atoms with van der Waals surface area (Å²) >= 11 is 0. The van der Waals surface area contributed by atoms with Gasteiger partial charge in [-0.15, -0.1) is 0 Å². The highest BCUT2D eigenvalue weighted by Gasteiger charge is 2.32. The van der Waals surface area contributed by atoms with Crippen LogP contribution in [0, 0.1) is 0 Å². The summed E-state index contributed by atoms with van der Waals surface area (Å²) in [4.78, 5) is 51.8. The number of unbranched alkanes of at least 4 members (excludes halogenated alkanes) is 22. The van der Waals surface area contributed by atoms with E-state index in [2.05, 4.69) is 43.1 Å². The van der Waals surface area contributed by atoms with Crippen LogP contribution < -0.4 is 11.4 Å². The van der Waals surface area contributed by atoms with Crippen molar-refractivity contribution in [2.75, 3.05) is 25.6 Å². The van der Waals surface area contributed by atoms with Gasteiger partial charge in [-0.25, -0.2) is 9.36 Å². The molecule has 13 nitrogen and oxygen atoms in total. The number of nitrogens with two attached hydrogens (primary N) is 1. The number of nitrogens with zero attached hydrogens (tertiary/aromatic N) is 2. The molecule has 1 aliphatic rings. The lowest BCUT2D eigenvalue weighted by molar-refractivity contribution is -0.161. The summed E-state index contributed by atoms with van der Waals surface area (Å²) in [5.74, 6) is -0.813. The number of rotatable bonds is 40. The van der Waals surface area contributed by atoms with E-state index in [9.17, 15) is 23.8 Å². The third kappa shape index (κ3) is 29.5. The molecule has 0 radical (unpaired) electrons. The number of esters is 2. The monoisotopic (exact) mass is 894 g/mol. The molecule has 0 saturated carbocycles. The molecule has 4 atom stereocenters. The van der Waals surface area contributed by atoms with Gasteiger partial charge in [0, 0.05) is 19.0 Å². The van der Waals surface area contributed by atoms with Crippen molar-refractivity contribution in [3.8, 4) is 0 Å². The molecule has 0 spiro atoms. The number of phosphoric acid groups is 1. The Bertz CT molecular complexity index is 1470. The lowest BCUT2D eigenvalue weighted by Gasteiger charge is -2.21. The van der Waals surface area contributed by atoms with Crippen molar-refractivity contribution in [1.82, 2.24) is 9.55 Å². The Morgan fingerprint density at radius 1 is 0.742 bits per heavy atom. The number of aromatic nitrogens is 2. The smallest absolute Gasteiger partial charge is 0.462 e. The van der Waals surface area contributed by atoms with E-state index in [0.717, 1.165) is 77.0 Å². The average molecular weight is 894 g/mol. The maximum absolute atomic E-state index is 12.9. The van der Waals surface area contributed by atoms with Crippen molar-refractivity contribution in [1.29, 1.82) is 0 Å². The number of phosphoric ester groups is 1. The minimum Gasteiger partial charge on any atom is -0.462 e. The van der Waals surface area contributed by atoms with E-state index in [1.807, 2.05) is 0 Å². The van der Waals surface area contributed by atoms with Gasteiger partial charge in [-0.2, -0.15) is 4.98 Å². The van der Waals surface area contributed by atoms with Crippen molar-refractivity contribution in [2.45, 2.75) is 225 Å². The quantitative estimate of drug-likeness (QED) is 0.0276. The molecule has 356 valence electrons. The first kappa shape index (κ1) is 55.3. The number of ether oxygens (including phenoxy) is 3. The van der Waals surface area contributed by atoms with Crippen molar-refractivity contribution < 1.29 is 42.3 Å². The molecule has 0 amide bonds. The fourth-order valence-electron chi connectivity index (χ4n) is 7.35. The Hall–Kier alpha value is -2.83. The van der Waals surface area contributed by atoms with Crippen LogP contribution in [-0.2, 0) is 37.4 Å². The molecular formula is C48H84N3O10P. The molecule has 2 rings (SSSR count). The van der Waals surface area contributed by atoms with Gasteiger partial charge in [0.2, 0.25) is 0 Å². The number of nitrogen functional groups attached to an aromatic ring is 1. The molecule has 2 unspecified atom stereocenters. The second-order valence-corrected chi connectivity index (χ2v) is 18.3. The van der Waals surface area contributed by atoms with Crippen molar-refractivity contribution in [3.63, 3.8) is 0 Å². The summed E-state index contributed by atoms with van der Waals surface area (Å²) in [5, 5.41) is 0.